The highest BCUT2D eigenvalue weighted by atomic mass is 16.5. The van der Waals surface area contributed by atoms with E-state index in [0.29, 0.717) is 36.5 Å². The number of aryl methyl sites for hydroxylation is 2. The summed E-state index contributed by atoms with van der Waals surface area (Å²) in [5.41, 5.74) is 3.20. The van der Waals surface area contributed by atoms with Crippen molar-refractivity contribution in [2.24, 2.45) is 0 Å². The third kappa shape index (κ3) is 3.48. The van der Waals surface area contributed by atoms with Crippen LogP contribution in [-0.2, 0) is 17.9 Å². The average molecular weight is 327 g/mol. The Morgan fingerprint density at radius 2 is 1.96 bits per heavy atom. The second kappa shape index (κ2) is 6.86. The lowest BCUT2D eigenvalue weighted by atomic mass is 10.1. The molecule has 1 aliphatic rings. The molecule has 6 heteroatoms. The molecule has 126 valence electrons. The molecular weight excluding hydrogens is 306 g/mol. The van der Waals surface area contributed by atoms with E-state index in [1.807, 2.05) is 29.2 Å². The molecule has 2 heterocycles. The van der Waals surface area contributed by atoms with Gasteiger partial charge >= 0.3 is 0 Å². The number of hydrogen-bond acceptors (Lipinski definition) is 4. The van der Waals surface area contributed by atoms with Crippen molar-refractivity contribution in [1.82, 2.24) is 15.4 Å². The fraction of sp³-hybridized carbons (Fsp3) is 0.389. The van der Waals surface area contributed by atoms with Gasteiger partial charge in [-0.2, -0.15) is 0 Å². The van der Waals surface area contributed by atoms with Crippen LogP contribution >= 0.6 is 0 Å². The summed E-state index contributed by atoms with van der Waals surface area (Å²) in [5, 5.41) is 6.67. The SMILES string of the molecule is Cc1noc(C)c1C(=O)NCc1ccc(CN2CCCC2=O)cc1. The van der Waals surface area contributed by atoms with Crippen molar-refractivity contribution in [3.05, 3.63) is 52.4 Å². The molecule has 6 nitrogen and oxygen atoms in total. The Bertz CT molecular complexity index is 730. The van der Waals surface area contributed by atoms with E-state index in [9.17, 15) is 9.59 Å². The number of carbonyl (C=O) groups is 2. The summed E-state index contributed by atoms with van der Waals surface area (Å²) >= 11 is 0. The zero-order chi connectivity index (χ0) is 17.1. The molecule has 0 bridgehead atoms. The van der Waals surface area contributed by atoms with E-state index in [-0.39, 0.29) is 11.8 Å². The van der Waals surface area contributed by atoms with E-state index >= 15 is 0 Å². The monoisotopic (exact) mass is 327 g/mol. The lowest BCUT2D eigenvalue weighted by molar-refractivity contribution is -0.128. The number of hydrogen-bond donors (Lipinski definition) is 1. The lowest BCUT2D eigenvalue weighted by Crippen LogP contribution is -2.24. The van der Waals surface area contributed by atoms with Crippen molar-refractivity contribution in [3.63, 3.8) is 0 Å². The maximum Gasteiger partial charge on any atom is 0.257 e. The first-order valence-corrected chi connectivity index (χ1v) is 8.11. The van der Waals surface area contributed by atoms with E-state index in [1.165, 1.54) is 0 Å². The summed E-state index contributed by atoms with van der Waals surface area (Å²) in [6.45, 7) is 5.41. The Morgan fingerprint density at radius 1 is 1.25 bits per heavy atom. The highest BCUT2D eigenvalue weighted by Gasteiger charge is 2.20. The fourth-order valence-electron chi connectivity index (χ4n) is 2.93. The molecule has 2 amide bonds. The van der Waals surface area contributed by atoms with E-state index in [1.54, 1.807) is 13.8 Å². The van der Waals surface area contributed by atoms with E-state index in [2.05, 4.69) is 10.5 Å². The predicted octanol–water partition coefficient (Wildman–Crippen LogP) is 2.34. The topological polar surface area (TPSA) is 75.4 Å². The van der Waals surface area contributed by atoms with E-state index < -0.39 is 0 Å². The standard InChI is InChI=1S/C18H21N3O3/c1-12-17(13(2)24-20-12)18(23)19-10-14-5-7-15(8-6-14)11-21-9-3-4-16(21)22/h5-8H,3-4,9-11H2,1-2H3,(H,19,23). The molecule has 1 N–H and O–H groups in total. The Kier molecular flexibility index (Phi) is 4.64. The van der Waals surface area contributed by atoms with Gasteiger partial charge in [-0.3, -0.25) is 9.59 Å². The van der Waals surface area contributed by atoms with Crippen molar-refractivity contribution < 1.29 is 14.1 Å². The fourth-order valence-corrected chi connectivity index (χ4v) is 2.93. The molecule has 0 unspecified atom stereocenters. The number of rotatable bonds is 5. The molecule has 3 rings (SSSR count). The first kappa shape index (κ1) is 16.2. The number of nitrogens with one attached hydrogen (secondary N) is 1. The third-order valence-electron chi connectivity index (χ3n) is 4.28. The first-order chi connectivity index (χ1) is 11.5. The third-order valence-corrected chi connectivity index (χ3v) is 4.28. The number of benzene rings is 1. The molecule has 0 atom stereocenters. The van der Waals surface area contributed by atoms with Gasteiger partial charge in [0.2, 0.25) is 5.91 Å². The van der Waals surface area contributed by atoms with Crippen molar-refractivity contribution in [2.45, 2.75) is 39.8 Å². The summed E-state index contributed by atoms with van der Waals surface area (Å²) < 4.78 is 5.01. The molecule has 0 radical (unpaired) electrons. The van der Waals surface area contributed by atoms with Gasteiger partial charge in [-0.05, 0) is 31.4 Å². The largest absolute Gasteiger partial charge is 0.361 e. The molecule has 24 heavy (non-hydrogen) atoms. The van der Waals surface area contributed by atoms with Gasteiger partial charge in [0.1, 0.15) is 11.3 Å². The second-order valence-corrected chi connectivity index (χ2v) is 6.12. The summed E-state index contributed by atoms with van der Waals surface area (Å²) in [6.07, 6.45) is 1.61. The molecule has 1 aliphatic heterocycles. The van der Waals surface area contributed by atoms with Crippen LogP contribution in [0.15, 0.2) is 28.8 Å². The van der Waals surface area contributed by atoms with Gasteiger partial charge in [-0.1, -0.05) is 29.4 Å². The van der Waals surface area contributed by atoms with Gasteiger partial charge in [0.25, 0.3) is 5.91 Å². The van der Waals surface area contributed by atoms with Gasteiger partial charge in [0, 0.05) is 26.1 Å². The molecule has 2 aromatic rings. The molecule has 1 aromatic carbocycles. The minimum Gasteiger partial charge on any atom is -0.361 e. The van der Waals surface area contributed by atoms with Crippen LogP contribution < -0.4 is 5.32 Å². The van der Waals surface area contributed by atoms with Gasteiger partial charge in [0.05, 0.1) is 5.69 Å². The molecule has 0 saturated carbocycles. The Morgan fingerprint density at radius 3 is 2.54 bits per heavy atom. The minimum atomic E-state index is -0.182. The maximum absolute atomic E-state index is 12.2. The lowest BCUT2D eigenvalue weighted by Gasteiger charge is -2.15. The number of nitrogens with zero attached hydrogens (tertiary/aromatic N) is 2. The van der Waals surface area contributed by atoms with Crippen LogP contribution in [0.25, 0.3) is 0 Å². The molecule has 1 fully saturated rings. The van der Waals surface area contributed by atoms with Crippen molar-refractivity contribution in [1.29, 1.82) is 0 Å². The summed E-state index contributed by atoms with van der Waals surface area (Å²) in [7, 11) is 0. The van der Waals surface area contributed by atoms with Crippen LogP contribution in [0.1, 0.15) is 45.8 Å². The Balaban J connectivity index is 1.56. The van der Waals surface area contributed by atoms with Crippen LogP contribution in [0, 0.1) is 13.8 Å². The highest BCUT2D eigenvalue weighted by molar-refractivity contribution is 5.96. The number of amides is 2. The van der Waals surface area contributed by atoms with E-state index in [0.717, 1.165) is 24.1 Å². The predicted molar refractivity (Wildman–Crippen MR) is 88.2 cm³/mol. The second-order valence-electron chi connectivity index (χ2n) is 6.12. The normalized spacial score (nSPS) is 14.2. The average Bonchev–Trinajstić information content (AvgIpc) is 3.12. The zero-order valence-corrected chi connectivity index (χ0v) is 14.0. The highest BCUT2D eigenvalue weighted by Crippen LogP contribution is 2.15. The molecule has 0 spiro atoms. The number of aromatic nitrogens is 1. The Labute approximate surface area is 140 Å². The molecule has 1 aromatic heterocycles. The number of carbonyl (C=O) groups excluding carboxylic acids is 2. The van der Waals surface area contributed by atoms with Gasteiger partial charge in [0.15, 0.2) is 0 Å². The van der Waals surface area contributed by atoms with Gasteiger partial charge < -0.3 is 14.7 Å². The van der Waals surface area contributed by atoms with Crippen molar-refractivity contribution in [2.75, 3.05) is 6.54 Å². The van der Waals surface area contributed by atoms with Crippen LogP contribution in [0.5, 0.6) is 0 Å². The molecular formula is C18H21N3O3. The minimum absolute atomic E-state index is 0.182. The molecule has 0 aliphatic carbocycles. The zero-order valence-electron chi connectivity index (χ0n) is 14.0. The summed E-state index contributed by atoms with van der Waals surface area (Å²) in [4.78, 5) is 25.7. The van der Waals surface area contributed by atoms with Crippen LogP contribution in [0.3, 0.4) is 0 Å². The Hall–Kier alpha value is -2.63. The van der Waals surface area contributed by atoms with Crippen molar-refractivity contribution >= 4 is 11.8 Å². The van der Waals surface area contributed by atoms with Gasteiger partial charge in [-0.25, -0.2) is 0 Å². The van der Waals surface area contributed by atoms with E-state index in [4.69, 9.17) is 4.52 Å². The quantitative estimate of drug-likeness (QED) is 0.914. The van der Waals surface area contributed by atoms with Crippen LogP contribution in [0.2, 0.25) is 0 Å². The summed E-state index contributed by atoms with van der Waals surface area (Å²) in [5.74, 6) is 0.569. The summed E-state index contributed by atoms with van der Waals surface area (Å²) in [6, 6.07) is 7.96. The smallest absolute Gasteiger partial charge is 0.257 e. The van der Waals surface area contributed by atoms with Crippen LogP contribution in [0.4, 0.5) is 0 Å². The maximum atomic E-state index is 12.2. The molecule has 1 saturated heterocycles. The first-order valence-electron chi connectivity index (χ1n) is 8.11. The number of likely N-dealkylation sites (tertiary alicyclic amines) is 1. The van der Waals surface area contributed by atoms with Gasteiger partial charge in [-0.15, -0.1) is 0 Å². The van der Waals surface area contributed by atoms with Crippen LogP contribution in [-0.4, -0.2) is 28.4 Å². The van der Waals surface area contributed by atoms with Crippen molar-refractivity contribution in [3.8, 4) is 0 Å².